The molecule has 0 saturated heterocycles. The van der Waals surface area contributed by atoms with Crippen molar-refractivity contribution in [2.75, 3.05) is 23.9 Å². The van der Waals surface area contributed by atoms with E-state index in [1.54, 1.807) is 6.26 Å². The molecule has 0 fully saturated rings. The first-order valence-electron chi connectivity index (χ1n) is 4.87. The number of anilines is 1. The molecule has 1 aromatic rings. The Morgan fingerprint density at radius 2 is 2.31 bits per heavy atom. The monoisotopic (exact) mass is 300 g/mol. The molecule has 1 unspecified atom stereocenters. The second kappa shape index (κ2) is 6.66. The van der Waals surface area contributed by atoms with Crippen LogP contribution in [0.15, 0.2) is 22.7 Å². The molecule has 1 aromatic carbocycles. The van der Waals surface area contributed by atoms with Crippen LogP contribution in [0, 0.1) is 11.3 Å². The minimum Gasteiger partial charge on any atom is -0.384 e. The van der Waals surface area contributed by atoms with Crippen LogP contribution in [0.4, 0.5) is 5.69 Å². The highest BCUT2D eigenvalue weighted by molar-refractivity contribution is 9.10. The van der Waals surface area contributed by atoms with Crippen molar-refractivity contribution in [3.63, 3.8) is 0 Å². The number of rotatable bonds is 5. The second-order valence-corrected chi connectivity index (χ2v) is 5.74. The summed E-state index contributed by atoms with van der Waals surface area (Å²) in [7, 11) is -0.749. The molecule has 0 radical (unpaired) electrons. The molecule has 0 amide bonds. The van der Waals surface area contributed by atoms with Crippen LogP contribution in [-0.4, -0.2) is 22.8 Å². The molecule has 0 spiro atoms. The lowest BCUT2D eigenvalue weighted by atomic mass is 10.2. The third-order valence-electron chi connectivity index (χ3n) is 2.05. The first-order valence-corrected chi connectivity index (χ1v) is 7.39. The van der Waals surface area contributed by atoms with Crippen molar-refractivity contribution in [3.05, 3.63) is 28.2 Å². The highest BCUT2D eigenvalue weighted by atomic mass is 79.9. The normalized spacial score (nSPS) is 11.8. The van der Waals surface area contributed by atoms with Gasteiger partial charge < -0.3 is 5.32 Å². The third kappa shape index (κ3) is 3.95. The number of halogens is 1. The molecule has 0 aliphatic heterocycles. The molecular weight excluding hydrogens is 288 g/mol. The molecule has 0 heterocycles. The predicted molar refractivity (Wildman–Crippen MR) is 70.9 cm³/mol. The summed E-state index contributed by atoms with van der Waals surface area (Å²) in [5, 5.41) is 12.1. The Bertz CT molecular complexity index is 428. The van der Waals surface area contributed by atoms with E-state index in [-0.39, 0.29) is 0 Å². The molecule has 0 aliphatic carbocycles. The Balaban J connectivity index is 2.58. The van der Waals surface area contributed by atoms with Crippen LogP contribution in [0.3, 0.4) is 0 Å². The number of benzene rings is 1. The van der Waals surface area contributed by atoms with Gasteiger partial charge in [0.15, 0.2) is 0 Å². The first kappa shape index (κ1) is 13.2. The molecule has 0 bridgehead atoms. The number of nitriles is 1. The van der Waals surface area contributed by atoms with Crippen molar-refractivity contribution in [1.82, 2.24) is 0 Å². The quantitative estimate of drug-likeness (QED) is 0.850. The lowest BCUT2D eigenvalue weighted by Gasteiger charge is -2.08. The Morgan fingerprint density at radius 1 is 1.56 bits per heavy atom. The van der Waals surface area contributed by atoms with Gasteiger partial charge in [0.05, 0.1) is 11.3 Å². The van der Waals surface area contributed by atoms with E-state index < -0.39 is 10.8 Å². The zero-order valence-corrected chi connectivity index (χ0v) is 11.4. The lowest BCUT2D eigenvalue weighted by molar-refractivity contribution is 0.685. The number of nitrogens with zero attached hydrogens (tertiary/aromatic N) is 1. The maximum Gasteiger partial charge on any atom is 0.103 e. The van der Waals surface area contributed by atoms with Gasteiger partial charge in [0.2, 0.25) is 0 Å². The van der Waals surface area contributed by atoms with Crippen LogP contribution in [0.25, 0.3) is 0 Å². The van der Waals surface area contributed by atoms with E-state index in [1.807, 2.05) is 18.2 Å². The summed E-state index contributed by atoms with van der Waals surface area (Å²) >= 11 is 3.33. The molecule has 1 rings (SSSR count). The molecule has 1 atom stereocenters. The summed E-state index contributed by atoms with van der Waals surface area (Å²) in [5.74, 6) is 0.683. The van der Waals surface area contributed by atoms with Crippen LogP contribution >= 0.6 is 15.9 Å². The maximum absolute atomic E-state index is 10.9. The van der Waals surface area contributed by atoms with E-state index in [0.717, 1.165) is 23.1 Å². The van der Waals surface area contributed by atoms with Gasteiger partial charge in [-0.25, -0.2) is 0 Å². The molecule has 0 aliphatic rings. The van der Waals surface area contributed by atoms with Gasteiger partial charge in [0, 0.05) is 33.8 Å². The second-order valence-electron chi connectivity index (χ2n) is 3.33. The maximum atomic E-state index is 10.9. The van der Waals surface area contributed by atoms with Crippen LogP contribution in [0.2, 0.25) is 0 Å². The number of nitrogens with one attached hydrogen (secondary N) is 1. The minimum atomic E-state index is -0.749. The smallest absolute Gasteiger partial charge is 0.103 e. The predicted octanol–water partition coefficient (Wildman–Crippen LogP) is 2.50. The summed E-state index contributed by atoms with van der Waals surface area (Å²) < 4.78 is 11.6. The Kier molecular flexibility index (Phi) is 5.50. The van der Waals surface area contributed by atoms with Gasteiger partial charge in [0.25, 0.3) is 0 Å². The molecule has 1 N–H and O–H groups in total. The Labute approximate surface area is 106 Å². The fraction of sp³-hybridized carbons (Fsp3) is 0.364. The standard InChI is InChI=1S/C11H13BrN2OS/c1-16(15)7-3-6-14-11-5-2-4-10(12)9(11)8-13/h2,4-5,14H,3,6-7H2,1H3. The van der Waals surface area contributed by atoms with E-state index >= 15 is 0 Å². The molecule has 0 saturated carbocycles. The number of hydrogen-bond donors (Lipinski definition) is 1. The molecule has 0 aromatic heterocycles. The average molecular weight is 301 g/mol. The van der Waals surface area contributed by atoms with Gasteiger partial charge >= 0.3 is 0 Å². The summed E-state index contributed by atoms with van der Waals surface area (Å²) in [6.07, 6.45) is 2.53. The lowest BCUT2D eigenvalue weighted by Crippen LogP contribution is -2.07. The molecule has 5 heteroatoms. The number of hydrogen-bond acceptors (Lipinski definition) is 3. The van der Waals surface area contributed by atoms with Crippen LogP contribution < -0.4 is 5.32 Å². The zero-order valence-electron chi connectivity index (χ0n) is 9.00. The molecule has 16 heavy (non-hydrogen) atoms. The van der Waals surface area contributed by atoms with Gasteiger partial charge in [-0.15, -0.1) is 0 Å². The van der Waals surface area contributed by atoms with Crippen molar-refractivity contribution in [2.24, 2.45) is 0 Å². The van der Waals surface area contributed by atoms with Crippen LogP contribution in [0.5, 0.6) is 0 Å². The molecule has 86 valence electrons. The van der Waals surface area contributed by atoms with Gasteiger partial charge in [-0.1, -0.05) is 6.07 Å². The van der Waals surface area contributed by atoms with Crippen LogP contribution in [0.1, 0.15) is 12.0 Å². The van der Waals surface area contributed by atoms with Crippen molar-refractivity contribution in [2.45, 2.75) is 6.42 Å². The summed E-state index contributed by atoms with van der Waals surface area (Å²) in [5.41, 5.74) is 1.43. The van der Waals surface area contributed by atoms with Crippen molar-refractivity contribution >= 4 is 32.4 Å². The van der Waals surface area contributed by atoms with Crippen LogP contribution in [-0.2, 0) is 10.8 Å². The Morgan fingerprint density at radius 3 is 2.94 bits per heavy atom. The minimum absolute atomic E-state index is 0.611. The highest BCUT2D eigenvalue weighted by Gasteiger charge is 2.04. The fourth-order valence-corrected chi connectivity index (χ4v) is 2.29. The van der Waals surface area contributed by atoms with E-state index in [2.05, 4.69) is 27.3 Å². The molecular formula is C11H13BrN2OS. The van der Waals surface area contributed by atoms with E-state index in [9.17, 15) is 4.21 Å². The summed E-state index contributed by atoms with van der Waals surface area (Å²) in [6.45, 7) is 0.727. The molecule has 3 nitrogen and oxygen atoms in total. The largest absolute Gasteiger partial charge is 0.384 e. The SMILES string of the molecule is CS(=O)CCCNc1cccc(Br)c1C#N. The third-order valence-corrected chi connectivity index (χ3v) is 3.57. The first-order chi connectivity index (χ1) is 7.65. The van der Waals surface area contributed by atoms with E-state index in [1.165, 1.54) is 0 Å². The van der Waals surface area contributed by atoms with Gasteiger partial charge in [-0.05, 0) is 34.5 Å². The topological polar surface area (TPSA) is 52.9 Å². The highest BCUT2D eigenvalue weighted by Crippen LogP contribution is 2.23. The zero-order chi connectivity index (χ0) is 12.0. The van der Waals surface area contributed by atoms with Gasteiger partial charge in [0.1, 0.15) is 6.07 Å². The van der Waals surface area contributed by atoms with Gasteiger partial charge in [-0.3, -0.25) is 4.21 Å². The summed E-state index contributed by atoms with van der Waals surface area (Å²) in [6, 6.07) is 7.73. The van der Waals surface area contributed by atoms with Crippen molar-refractivity contribution in [3.8, 4) is 6.07 Å². The van der Waals surface area contributed by atoms with Gasteiger partial charge in [-0.2, -0.15) is 5.26 Å². The fourth-order valence-electron chi connectivity index (χ4n) is 1.28. The summed E-state index contributed by atoms with van der Waals surface area (Å²) in [4.78, 5) is 0. The van der Waals surface area contributed by atoms with E-state index in [0.29, 0.717) is 11.3 Å². The Hall–Kier alpha value is -0.860. The van der Waals surface area contributed by atoms with Crippen molar-refractivity contribution in [1.29, 1.82) is 5.26 Å². The van der Waals surface area contributed by atoms with Crippen molar-refractivity contribution < 1.29 is 4.21 Å². The average Bonchev–Trinajstić information content (AvgIpc) is 2.24. The van der Waals surface area contributed by atoms with E-state index in [4.69, 9.17) is 5.26 Å².